The standard InChI is InChI=1S/C12H12N2O2/c13-11-7-10(16-14-11)9-5-1-3-8-4-2-6-15-12(8)9/h1,3,5,7H,2,4,6H2,(H2,13,14). The Balaban J connectivity index is 2.13. The maximum Gasteiger partial charge on any atom is 0.172 e. The lowest BCUT2D eigenvalue weighted by atomic mass is 10.0. The molecule has 2 aromatic rings. The minimum absolute atomic E-state index is 0.392. The van der Waals surface area contributed by atoms with Crippen molar-refractivity contribution in [3.8, 4) is 17.1 Å². The molecular formula is C12H12N2O2. The number of rotatable bonds is 1. The molecule has 2 N–H and O–H groups in total. The van der Waals surface area contributed by atoms with E-state index in [1.54, 1.807) is 6.07 Å². The molecule has 0 aliphatic carbocycles. The fourth-order valence-corrected chi connectivity index (χ4v) is 2.00. The molecule has 0 saturated heterocycles. The molecule has 2 heterocycles. The first-order chi connectivity index (χ1) is 7.84. The molecule has 0 radical (unpaired) electrons. The third-order valence-corrected chi connectivity index (χ3v) is 2.73. The molecular weight excluding hydrogens is 204 g/mol. The summed E-state index contributed by atoms with van der Waals surface area (Å²) in [6.07, 6.45) is 2.11. The van der Waals surface area contributed by atoms with Gasteiger partial charge < -0.3 is 15.0 Å². The Labute approximate surface area is 93.0 Å². The summed E-state index contributed by atoms with van der Waals surface area (Å²) in [6, 6.07) is 7.76. The van der Waals surface area contributed by atoms with Crippen LogP contribution in [0.5, 0.6) is 5.75 Å². The van der Waals surface area contributed by atoms with Crippen molar-refractivity contribution in [1.29, 1.82) is 0 Å². The number of nitrogens with two attached hydrogens (primary N) is 1. The predicted octanol–water partition coefficient (Wildman–Crippen LogP) is 2.25. The molecule has 1 aliphatic rings. The topological polar surface area (TPSA) is 61.3 Å². The highest BCUT2D eigenvalue weighted by Gasteiger charge is 2.17. The van der Waals surface area contributed by atoms with E-state index < -0.39 is 0 Å². The van der Waals surface area contributed by atoms with Gasteiger partial charge in [0.25, 0.3) is 0 Å². The van der Waals surface area contributed by atoms with E-state index in [0.29, 0.717) is 11.6 Å². The van der Waals surface area contributed by atoms with Gasteiger partial charge in [0.05, 0.1) is 12.2 Å². The summed E-state index contributed by atoms with van der Waals surface area (Å²) in [5.74, 6) is 1.96. The lowest BCUT2D eigenvalue weighted by Gasteiger charge is -2.19. The lowest BCUT2D eigenvalue weighted by molar-refractivity contribution is 0.288. The van der Waals surface area contributed by atoms with Crippen LogP contribution < -0.4 is 10.5 Å². The second-order valence-corrected chi connectivity index (χ2v) is 3.86. The van der Waals surface area contributed by atoms with Gasteiger partial charge in [0.2, 0.25) is 0 Å². The van der Waals surface area contributed by atoms with Crippen molar-refractivity contribution in [3.63, 3.8) is 0 Å². The van der Waals surface area contributed by atoms with Gasteiger partial charge in [-0.25, -0.2) is 0 Å². The summed E-state index contributed by atoms with van der Waals surface area (Å²) in [6.45, 7) is 0.758. The quantitative estimate of drug-likeness (QED) is 0.794. The molecule has 1 aromatic heterocycles. The van der Waals surface area contributed by atoms with Crippen LogP contribution in [0.1, 0.15) is 12.0 Å². The van der Waals surface area contributed by atoms with E-state index in [-0.39, 0.29) is 0 Å². The minimum atomic E-state index is 0.392. The molecule has 16 heavy (non-hydrogen) atoms. The Hall–Kier alpha value is -1.97. The number of benzene rings is 1. The van der Waals surface area contributed by atoms with Crippen molar-refractivity contribution in [3.05, 3.63) is 29.8 Å². The summed E-state index contributed by atoms with van der Waals surface area (Å²) >= 11 is 0. The zero-order valence-corrected chi connectivity index (χ0v) is 8.77. The van der Waals surface area contributed by atoms with E-state index in [1.807, 2.05) is 12.1 Å². The minimum Gasteiger partial charge on any atom is -0.493 e. The van der Waals surface area contributed by atoms with Gasteiger partial charge in [-0.1, -0.05) is 17.3 Å². The Kier molecular flexibility index (Phi) is 2.06. The van der Waals surface area contributed by atoms with E-state index in [1.165, 1.54) is 5.56 Å². The van der Waals surface area contributed by atoms with E-state index in [4.69, 9.17) is 15.0 Å². The normalized spacial score (nSPS) is 14.2. The number of nitrogens with zero attached hydrogens (tertiary/aromatic N) is 1. The molecule has 1 aliphatic heterocycles. The average molecular weight is 216 g/mol. The Morgan fingerprint density at radius 2 is 2.25 bits per heavy atom. The van der Waals surface area contributed by atoms with E-state index in [0.717, 1.165) is 30.8 Å². The molecule has 3 rings (SSSR count). The first-order valence-electron chi connectivity index (χ1n) is 5.32. The number of hydrogen-bond donors (Lipinski definition) is 1. The first-order valence-corrected chi connectivity index (χ1v) is 5.32. The van der Waals surface area contributed by atoms with Crippen LogP contribution in [-0.4, -0.2) is 11.8 Å². The molecule has 0 bridgehead atoms. The second-order valence-electron chi connectivity index (χ2n) is 3.86. The van der Waals surface area contributed by atoms with Gasteiger partial charge in [-0.05, 0) is 24.5 Å². The maximum absolute atomic E-state index is 5.69. The molecule has 0 fully saturated rings. The summed E-state index contributed by atoms with van der Waals surface area (Å²) in [7, 11) is 0. The van der Waals surface area contributed by atoms with Crippen molar-refractivity contribution >= 4 is 5.82 Å². The highest BCUT2D eigenvalue weighted by atomic mass is 16.5. The van der Waals surface area contributed by atoms with E-state index in [9.17, 15) is 0 Å². The fourth-order valence-electron chi connectivity index (χ4n) is 2.00. The van der Waals surface area contributed by atoms with Crippen molar-refractivity contribution < 1.29 is 9.26 Å². The Morgan fingerprint density at radius 1 is 1.31 bits per heavy atom. The van der Waals surface area contributed by atoms with Crippen molar-refractivity contribution in [2.24, 2.45) is 0 Å². The van der Waals surface area contributed by atoms with Gasteiger partial charge >= 0.3 is 0 Å². The van der Waals surface area contributed by atoms with Crippen LogP contribution in [0.15, 0.2) is 28.8 Å². The number of fused-ring (bicyclic) bond motifs is 1. The predicted molar refractivity (Wildman–Crippen MR) is 60.2 cm³/mol. The van der Waals surface area contributed by atoms with Crippen LogP contribution in [0, 0.1) is 0 Å². The van der Waals surface area contributed by atoms with E-state index in [2.05, 4.69) is 11.2 Å². The molecule has 1 aromatic carbocycles. The van der Waals surface area contributed by atoms with E-state index >= 15 is 0 Å². The zero-order chi connectivity index (χ0) is 11.0. The molecule has 4 nitrogen and oxygen atoms in total. The highest BCUT2D eigenvalue weighted by Crippen LogP contribution is 2.36. The van der Waals surface area contributed by atoms with Gasteiger partial charge in [0, 0.05) is 6.07 Å². The number of anilines is 1. The number of nitrogen functional groups attached to an aromatic ring is 1. The van der Waals surface area contributed by atoms with Crippen molar-refractivity contribution in [2.45, 2.75) is 12.8 Å². The third-order valence-electron chi connectivity index (χ3n) is 2.73. The van der Waals surface area contributed by atoms with Crippen LogP contribution in [0.3, 0.4) is 0 Å². The number of para-hydroxylation sites is 1. The Morgan fingerprint density at radius 3 is 3.06 bits per heavy atom. The zero-order valence-electron chi connectivity index (χ0n) is 8.77. The Bertz CT molecular complexity index is 519. The first kappa shape index (κ1) is 9.27. The monoisotopic (exact) mass is 216 g/mol. The van der Waals surface area contributed by atoms with Crippen LogP contribution >= 0.6 is 0 Å². The van der Waals surface area contributed by atoms with Gasteiger partial charge in [0.15, 0.2) is 11.6 Å². The SMILES string of the molecule is Nc1cc(-c2cccc3c2OCCC3)on1. The van der Waals surface area contributed by atoms with Crippen LogP contribution in [-0.2, 0) is 6.42 Å². The lowest BCUT2D eigenvalue weighted by Crippen LogP contribution is -2.09. The molecule has 82 valence electrons. The smallest absolute Gasteiger partial charge is 0.172 e. The molecule has 0 spiro atoms. The maximum atomic E-state index is 5.69. The van der Waals surface area contributed by atoms with Crippen molar-refractivity contribution in [1.82, 2.24) is 5.16 Å². The highest BCUT2D eigenvalue weighted by molar-refractivity contribution is 5.69. The number of hydrogen-bond acceptors (Lipinski definition) is 4. The van der Waals surface area contributed by atoms with Crippen molar-refractivity contribution in [2.75, 3.05) is 12.3 Å². The second kappa shape index (κ2) is 3.56. The summed E-state index contributed by atoms with van der Waals surface area (Å²) in [5.41, 5.74) is 7.70. The summed E-state index contributed by atoms with van der Waals surface area (Å²) < 4.78 is 10.9. The van der Waals surface area contributed by atoms with Gasteiger partial charge in [-0.15, -0.1) is 0 Å². The van der Waals surface area contributed by atoms with Crippen LogP contribution in [0.25, 0.3) is 11.3 Å². The number of ether oxygens (including phenoxy) is 1. The summed E-state index contributed by atoms with van der Waals surface area (Å²) in [5, 5.41) is 3.69. The molecule has 0 atom stereocenters. The largest absolute Gasteiger partial charge is 0.493 e. The van der Waals surface area contributed by atoms with Gasteiger partial charge in [0.1, 0.15) is 5.75 Å². The number of aromatic nitrogens is 1. The molecule has 0 amide bonds. The van der Waals surface area contributed by atoms with Gasteiger partial charge in [-0.2, -0.15) is 0 Å². The third kappa shape index (κ3) is 1.43. The van der Waals surface area contributed by atoms with Crippen LogP contribution in [0.4, 0.5) is 5.82 Å². The van der Waals surface area contributed by atoms with Crippen LogP contribution in [0.2, 0.25) is 0 Å². The molecule has 0 unspecified atom stereocenters. The van der Waals surface area contributed by atoms with Gasteiger partial charge in [-0.3, -0.25) is 0 Å². The number of aryl methyl sites for hydroxylation is 1. The average Bonchev–Trinajstić information content (AvgIpc) is 2.75. The molecule has 0 saturated carbocycles. The fraction of sp³-hybridized carbons (Fsp3) is 0.250. The summed E-state index contributed by atoms with van der Waals surface area (Å²) in [4.78, 5) is 0. The molecule has 4 heteroatoms.